The molecular weight excluding hydrogens is 314 g/mol. The zero-order chi connectivity index (χ0) is 17.9. The van der Waals surface area contributed by atoms with Crippen LogP contribution in [0.25, 0.3) is 0 Å². The summed E-state index contributed by atoms with van der Waals surface area (Å²) in [6.07, 6.45) is 0. The summed E-state index contributed by atoms with van der Waals surface area (Å²) in [5.74, 6) is -2.39. The number of nitrogens with one attached hydrogen (secondary N) is 1. The minimum atomic E-state index is -0.802. The van der Waals surface area contributed by atoms with Gasteiger partial charge < -0.3 is 10.2 Å². The van der Waals surface area contributed by atoms with Crippen LogP contribution in [0.5, 0.6) is 0 Å². The molecule has 8 nitrogen and oxygen atoms in total. The summed E-state index contributed by atoms with van der Waals surface area (Å²) in [5.41, 5.74) is 0.389. The van der Waals surface area contributed by atoms with Crippen molar-refractivity contribution < 1.29 is 24.0 Å². The van der Waals surface area contributed by atoms with Crippen molar-refractivity contribution in [3.05, 3.63) is 35.4 Å². The fourth-order valence-corrected chi connectivity index (χ4v) is 2.27. The number of rotatable bonds is 6. The molecule has 1 aliphatic rings. The summed E-state index contributed by atoms with van der Waals surface area (Å²) >= 11 is 0. The van der Waals surface area contributed by atoms with Gasteiger partial charge in [0.05, 0.1) is 24.2 Å². The van der Waals surface area contributed by atoms with Gasteiger partial charge in [-0.1, -0.05) is 17.2 Å². The number of hydroxylamine groups is 2. The third-order valence-corrected chi connectivity index (χ3v) is 3.21. The maximum absolute atomic E-state index is 12.1. The first kappa shape index (κ1) is 17.6. The molecule has 128 valence electrons. The van der Waals surface area contributed by atoms with Crippen molar-refractivity contribution in [2.24, 2.45) is 0 Å². The Kier molecular flexibility index (Phi) is 5.30. The Bertz CT molecular complexity index is 651. The van der Waals surface area contributed by atoms with Crippen molar-refractivity contribution in [2.45, 2.75) is 19.9 Å². The number of carbonyl (C=O) groups excluding carboxylic acids is 4. The molecule has 0 aliphatic carbocycles. The van der Waals surface area contributed by atoms with Crippen LogP contribution in [0.4, 0.5) is 0 Å². The Balaban J connectivity index is 1.91. The summed E-state index contributed by atoms with van der Waals surface area (Å²) in [6, 6.07) is 6.22. The molecule has 1 aromatic carbocycles. The fraction of sp³-hybridized carbons (Fsp3) is 0.375. The van der Waals surface area contributed by atoms with Crippen LogP contribution in [-0.4, -0.2) is 59.8 Å². The smallest absolute Gasteiger partial charge is 0.347 e. The highest BCUT2D eigenvalue weighted by atomic mass is 16.7. The van der Waals surface area contributed by atoms with Crippen LogP contribution < -0.4 is 5.32 Å². The average molecular weight is 333 g/mol. The van der Waals surface area contributed by atoms with E-state index in [0.717, 1.165) is 0 Å². The molecule has 2 rings (SSSR count). The first-order valence-electron chi connectivity index (χ1n) is 7.46. The van der Waals surface area contributed by atoms with E-state index in [9.17, 15) is 19.2 Å². The van der Waals surface area contributed by atoms with Crippen LogP contribution >= 0.6 is 0 Å². The van der Waals surface area contributed by atoms with Gasteiger partial charge in [-0.05, 0) is 33.0 Å². The normalized spacial score (nSPS) is 13.5. The van der Waals surface area contributed by atoms with Gasteiger partial charge in [0.1, 0.15) is 0 Å². The zero-order valence-corrected chi connectivity index (χ0v) is 13.7. The molecule has 3 amide bonds. The van der Waals surface area contributed by atoms with Gasteiger partial charge in [-0.25, -0.2) is 4.79 Å². The highest BCUT2D eigenvalue weighted by molar-refractivity contribution is 6.20. The van der Waals surface area contributed by atoms with Crippen LogP contribution in [-0.2, 0) is 14.4 Å². The molecule has 24 heavy (non-hydrogen) atoms. The largest absolute Gasteiger partial charge is 0.353 e. The third kappa shape index (κ3) is 3.96. The third-order valence-electron chi connectivity index (χ3n) is 3.21. The topological polar surface area (TPSA) is 96.0 Å². The average Bonchev–Trinajstić information content (AvgIpc) is 2.71. The molecule has 0 unspecified atom stereocenters. The number of imide groups is 1. The van der Waals surface area contributed by atoms with Crippen LogP contribution in [0, 0.1) is 0 Å². The minimum absolute atomic E-state index is 0.00352. The summed E-state index contributed by atoms with van der Waals surface area (Å²) in [4.78, 5) is 54.0. The van der Waals surface area contributed by atoms with E-state index in [-0.39, 0.29) is 36.2 Å². The number of hydrogen-bond donors (Lipinski definition) is 1. The van der Waals surface area contributed by atoms with Gasteiger partial charge in [-0.15, -0.1) is 0 Å². The second-order valence-corrected chi connectivity index (χ2v) is 5.81. The highest BCUT2D eigenvalue weighted by Gasteiger charge is 2.38. The van der Waals surface area contributed by atoms with Crippen molar-refractivity contribution in [1.82, 2.24) is 15.3 Å². The lowest BCUT2D eigenvalue weighted by Crippen LogP contribution is -2.42. The van der Waals surface area contributed by atoms with Crippen molar-refractivity contribution in [3.8, 4) is 0 Å². The van der Waals surface area contributed by atoms with Gasteiger partial charge >= 0.3 is 5.97 Å². The molecule has 8 heteroatoms. The van der Waals surface area contributed by atoms with E-state index in [1.165, 1.54) is 17.0 Å². The van der Waals surface area contributed by atoms with Crippen molar-refractivity contribution >= 4 is 23.7 Å². The molecule has 0 spiro atoms. The van der Waals surface area contributed by atoms with Crippen LogP contribution in [0.1, 0.15) is 34.6 Å². The molecule has 1 aromatic rings. The predicted molar refractivity (Wildman–Crippen MR) is 83.8 cm³/mol. The predicted octanol–water partition coefficient (Wildman–Crippen LogP) is 0.197. The summed E-state index contributed by atoms with van der Waals surface area (Å²) in [7, 11) is 1.56. The SMILES string of the molecule is CC(C)NC(=O)CN(C)CC(=O)ON1C(=O)c2ccccc2C1=O. The molecule has 0 bridgehead atoms. The second-order valence-electron chi connectivity index (χ2n) is 5.81. The Morgan fingerprint density at radius 2 is 1.67 bits per heavy atom. The Hall–Kier alpha value is -2.74. The van der Waals surface area contributed by atoms with E-state index in [4.69, 9.17) is 4.84 Å². The maximum Gasteiger partial charge on any atom is 0.347 e. The molecule has 0 radical (unpaired) electrons. The lowest BCUT2D eigenvalue weighted by atomic mass is 10.1. The molecule has 1 aliphatic heterocycles. The number of nitrogens with zero attached hydrogens (tertiary/aromatic N) is 2. The maximum atomic E-state index is 12.1. The second kappa shape index (κ2) is 7.22. The van der Waals surface area contributed by atoms with Crippen LogP contribution in [0.3, 0.4) is 0 Å². The number of carbonyl (C=O) groups is 4. The summed E-state index contributed by atoms with van der Waals surface area (Å²) in [6.45, 7) is 3.41. The Morgan fingerprint density at radius 3 is 2.17 bits per heavy atom. The van der Waals surface area contributed by atoms with Gasteiger partial charge in [-0.3, -0.25) is 19.3 Å². The van der Waals surface area contributed by atoms with E-state index in [1.807, 2.05) is 13.8 Å². The standard InChI is InChI=1S/C16H19N3O5/c1-10(2)17-13(20)8-18(3)9-14(21)24-19-15(22)11-6-4-5-7-12(11)16(19)23/h4-7,10H,8-9H2,1-3H3,(H,17,20). The van der Waals surface area contributed by atoms with Crippen LogP contribution in [0.2, 0.25) is 0 Å². The Morgan fingerprint density at radius 1 is 1.12 bits per heavy atom. The number of benzene rings is 1. The molecular formula is C16H19N3O5. The number of amides is 3. The van der Waals surface area contributed by atoms with E-state index >= 15 is 0 Å². The number of fused-ring (bicyclic) bond motifs is 1. The molecule has 1 heterocycles. The summed E-state index contributed by atoms with van der Waals surface area (Å²) < 4.78 is 0. The lowest BCUT2D eigenvalue weighted by Gasteiger charge is -2.18. The first-order valence-corrected chi connectivity index (χ1v) is 7.46. The zero-order valence-electron chi connectivity index (χ0n) is 13.7. The van der Waals surface area contributed by atoms with Gasteiger partial charge in [0, 0.05) is 6.04 Å². The quantitative estimate of drug-likeness (QED) is 0.747. The van der Waals surface area contributed by atoms with Gasteiger partial charge in [0.15, 0.2) is 0 Å². The van der Waals surface area contributed by atoms with E-state index in [1.54, 1.807) is 19.2 Å². The number of hydrogen-bond acceptors (Lipinski definition) is 6. The number of likely N-dealkylation sites (N-methyl/N-ethyl adjacent to an activating group) is 1. The van der Waals surface area contributed by atoms with E-state index in [2.05, 4.69) is 5.32 Å². The van der Waals surface area contributed by atoms with Crippen molar-refractivity contribution in [3.63, 3.8) is 0 Å². The molecule has 1 N–H and O–H groups in total. The molecule has 0 saturated heterocycles. The summed E-state index contributed by atoms with van der Waals surface area (Å²) in [5, 5.41) is 3.15. The molecule has 0 atom stereocenters. The van der Waals surface area contributed by atoms with E-state index in [0.29, 0.717) is 5.06 Å². The monoisotopic (exact) mass is 333 g/mol. The van der Waals surface area contributed by atoms with Gasteiger partial charge in [0.25, 0.3) is 11.8 Å². The van der Waals surface area contributed by atoms with E-state index < -0.39 is 17.8 Å². The van der Waals surface area contributed by atoms with Crippen molar-refractivity contribution in [2.75, 3.05) is 20.1 Å². The molecule has 0 aromatic heterocycles. The molecule has 0 saturated carbocycles. The van der Waals surface area contributed by atoms with Crippen LogP contribution in [0.15, 0.2) is 24.3 Å². The van der Waals surface area contributed by atoms with Crippen molar-refractivity contribution in [1.29, 1.82) is 0 Å². The van der Waals surface area contributed by atoms with Gasteiger partial charge in [-0.2, -0.15) is 0 Å². The highest BCUT2D eigenvalue weighted by Crippen LogP contribution is 2.22. The first-order chi connectivity index (χ1) is 11.3. The lowest BCUT2D eigenvalue weighted by molar-refractivity contribution is -0.169. The van der Waals surface area contributed by atoms with Gasteiger partial charge in [0.2, 0.25) is 5.91 Å². The fourth-order valence-electron chi connectivity index (χ4n) is 2.27. The molecule has 0 fully saturated rings. The Labute approximate surface area is 139 Å². The minimum Gasteiger partial charge on any atom is -0.353 e.